The summed E-state index contributed by atoms with van der Waals surface area (Å²) in [6.07, 6.45) is 0. The molecule has 10 rings (SSSR count). The van der Waals surface area contributed by atoms with E-state index in [1.807, 2.05) is 0 Å². The maximum Gasteiger partial charge on any atom is 0.101 e. The maximum absolute atomic E-state index is 5.42. The van der Waals surface area contributed by atoms with Gasteiger partial charge in [-0.25, -0.2) is 4.52 Å². The van der Waals surface area contributed by atoms with Crippen LogP contribution in [0.25, 0.3) is 72.2 Å². The van der Waals surface area contributed by atoms with Gasteiger partial charge < -0.3 is 4.90 Å². The fraction of sp³-hybridized carbons (Fsp3) is 0. The van der Waals surface area contributed by atoms with E-state index in [1.165, 1.54) is 16.7 Å². The van der Waals surface area contributed by atoms with Crippen molar-refractivity contribution in [2.75, 3.05) is 4.90 Å². The highest BCUT2D eigenvalue weighted by molar-refractivity contribution is 6.09. The van der Waals surface area contributed by atoms with E-state index < -0.39 is 0 Å². The molecule has 0 saturated heterocycles. The molecular weight excluding hydrogens is 679 g/mol. The first-order valence-corrected chi connectivity index (χ1v) is 19.1. The molecule has 2 heterocycles. The summed E-state index contributed by atoms with van der Waals surface area (Å²) in [5.41, 5.74) is 15.5. The van der Waals surface area contributed by atoms with Crippen molar-refractivity contribution >= 4 is 33.4 Å². The van der Waals surface area contributed by atoms with E-state index in [0.717, 1.165) is 72.6 Å². The van der Waals surface area contributed by atoms with Crippen LogP contribution < -0.4 is 4.90 Å². The van der Waals surface area contributed by atoms with E-state index in [-0.39, 0.29) is 0 Å². The van der Waals surface area contributed by atoms with E-state index in [4.69, 9.17) is 5.10 Å². The van der Waals surface area contributed by atoms with Crippen LogP contribution in [0, 0.1) is 0 Å². The van der Waals surface area contributed by atoms with Crippen LogP contribution in [0.2, 0.25) is 0 Å². The number of hydrogen-bond donors (Lipinski definition) is 0. The summed E-state index contributed by atoms with van der Waals surface area (Å²) in [5, 5.41) is 7.69. The summed E-state index contributed by atoms with van der Waals surface area (Å²) in [6, 6.07) is 79.9. The second-order valence-electron chi connectivity index (χ2n) is 14.0. The summed E-state index contributed by atoms with van der Waals surface area (Å²) in [7, 11) is 0. The Hall–Kier alpha value is -7.49. The van der Waals surface area contributed by atoms with E-state index in [9.17, 15) is 0 Å². The number of pyridine rings is 1. The van der Waals surface area contributed by atoms with Gasteiger partial charge in [-0.3, -0.25) is 0 Å². The molecule has 0 amide bonds. The minimum atomic E-state index is 0.961. The topological polar surface area (TPSA) is 20.5 Å². The number of hydrogen-bond acceptors (Lipinski definition) is 2. The first kappa shape index (κ1) is 33.1. The predicted molar refractivity (Wildman–Crippen MR) is 235 cm³/mol. The maximum atomic E-state index is 5.42. The van der Waals surface area contributed by atoms with Gasteiger partial charge in [0.25, 0.3) is 0 Å². The standard InChI is InChI=1S/C53H37N3/c1-6-18-38(19-7-1)39-30-32-45(33-31-39)55(49-29-17-16-28-47(49)40-20-8-2-9-21-40)46-34-35-48-44(36-46)37-50(41-22-10-3-11-23-41)56-53(48)51(42-24-12-4-13-25-42)52(54-56)43-26-14-5-15-27-43/h1-37H. The lowest BCUT2D eigenvalue weighted by atomic mass is 9.96. The molecule has 0 atom stereocenters. The quantitative estimate of drug-likeness (QED) is 0.156. The third-order valence-electron chi connectivity index (χ3n) is 10.6. The van der Waals surface area contributed by atoms with Crippen LogP contribution in [0.15, 0.2) is 224 Å². The molecule has 0 bridgehead atoms. The Kier molecular flexibility index (Phi) is 8.51. The Morgan fingerprint density at radius 3 is 1.52 bits per heavy atom. The zero-order chi connectivity index (χ0) is 37.3. The first-order valence-electron chi connectivity index (χ1n) is 19.1. The molecule has 56 heavy (non-hydrogen) atoms. The zero-order valence-electron chi connectivity index (χ0n) is 30.7. The van der Waals surface area contributed by atoms with Gasteiger partial charge >= 0.3 is 0 Å². The number of nitrogens with zero attached hydrogens (tertiary/aromatic N) is 3. The van der Waals surface area contributed by atoms with Crippen molar-refractivity contribution in [1.29, 1.82) is 0 Å². The number of fused-ring (bicyclic) bond motifs is 3. The molecule has 0 aliphatic carbocycles. The third-order valence-corrected chi connectivity index (χ3v) is 10.6. The van der Waals surface area contributed by atoms with Crippen molar-refractivity contribution in [3.05, 3.63) is 224 Å². The molecule has 0 saturated carbocycles. The summed E-state index contributed by atoms with van der Waals surface area (Å²) in [5.74, 6) is 0. The lowest BCUT2D eigenvalue weighted by Gasteiger charge is -2.28. The molecule has 0 N–H and O–H groups in total. The highest BCUT2D eigenvalue weighted by Gasteiger charge is 2.23. The van der Waals surface area contributed by atoms with Crippen molar-refractivity contribution in [2.24, 2.45) is 0 Å². The van der Waals surface area contributed by atoms with Gasteiger partial charge in [0.15, 0.2) is 0 Å². The molecule has 8 aromatic carbocycles. The van der Waals surface area contributed by atoms with Crippen molar-refractivity contribution in [1.82, 2.24) is 9.61 Å². The Morgan fingerprint density at radius 2 is 0.875 bits per heavy atom. The molecule has 2 aromatic heterocycles. The van der Waals surface area contributed by atoms with Gasteiger partial charge in [-0.15, -0.1) is 0 Å². The number of benzene rings is 8. The predicted octanol–water partition coefficient (Wildman–Crippen LogP) is 14.3. The lowest BCUT2D eigenvalue weighted by molar-refractivity contribution is 0.979. The van der Waals surface area contributed by atoms with E-state index in [2.05, 4.69) is 234 Å². The molecule has 0 aliphatic rings. The summed E-state index contributed by atoms with van der Waals surface area (Å²) in [6.45, 7) is 0. The minimum Gasteiger partial charge on any atom is -0.310 e. The highest BCUT2D eigenvalue weighted by Crippen LogP contribution is 2.45. The average Bonchev–Trinajstić information content (AvgIpc) is 3.69. The average molecular weight is 716 g/mol. The van der Waals surface area contributed by atoms with Gasteiger partial charge in [0.1, 0.15) is 5.69 Å². The largest absolute Gasteiger partial charge is 0.310 e. The van der Waals surface area contributed by atoms with Crippen LogP contribution in [0.4, 0.5) is 17.1 Å². The molecular formula is C53H37N3. The van der Waals surface area contributed by atoms with E-state index in [0.29, 0.717) is 0 Å². The first-order chi connectivity index (χ1) is 27.8. The molecule has 0 spiro atoms. The fourth-order valence-corrected chi connectivity index (χ4v) is 7.96. The van der Waals surface area contributed by atoms with Crippen molar-refractivity contribution in [2.45, 2.75) is 0 Å². The summed E-state index contributed by atoms with van der Waals surface area (Å²) in [4.78, 5) is 2.40. The molecule has 0 unspecified atom stereocenters. The number of rotatable bonds is 8. The Morgan fingerprint density at radius 1 is 0.375 bits per heavy atom. The van der Waals surface area contributed by atoms with Crippen molar-refractivity contribution in [3.63, 3.8) is 0 Å². The number of anilines is 3. The SMILES string of the molecule is c1ccc(-c2ccc(N(c3ccc4c(c3)cc(-c3ccccc3)n3nc(-c5ccccc5)c(-c5ccccc5)c43)c3ccccc3-c3ccccc3)cc2)cc1. The van der Waals surface area contributed by atoms with Crippen molar-refractivity contribution in [3.8, 4) is 55.9 Å². The number of aromatic nitrogens is 2. The second-order valence-corrected chi connectivity index (χ2v) is 14.0. The highest BCUT2D eigenvalue weighted by atomic mass is 15.2. The summed E-state index contributed by atoms with van der Waals surface area (Å²) >= 11 is 0. The van der Waals surface area contributed by atoms with Crippen LogP contribution in [0.3, 0.4) is 0 Å². The van der Waals surface area contributed by atoms with Gasteiger partial charge in [0.05, 0.1) is 16.9 Å². The Labute approximate surface area is 327 Å². The monoisotopic (exact) mass is 715 g/mol. The van der Waals surface area contributed by atoms with Gasteiger partial charge in [0.2, 0.25) is 0 Å². The van der Waals surface area contributed by atoms with Gasteiger partial charge in [0, 0.05) is 39.0 Å². The molecule has 3 heteroatoms. The lowest BCUT2D eigenvalue weighted by Crippen LogP contribution is -2.11. The Bertz CT molecular complexity index is 2920. The van der Waals surface area contributed by atoms with E-state index >= 15 is 0 Å². The third kappa shape index (κ3) is 6.02. The minimum absolute atomic E-state index is 0.961. The smallest absolute Gasteiger partial charge is 0.101 e. The molecule has 3 nitrogen and oxygen atoms in total. The normalized spacial score (nSPS) is 11.2. The van der Waals surface area contributed by atoms with Crippen LogP contribution in [-0.4, -0.2) is 9.61 Å². The van der Waals surface area contributed by atoms with E-state index in [1.54, 1.807) is 0 Å². The number of para-hydroxylation sites is 1. The van der Waals surface area contributed by atoms with Crippen LogP contribution >= 0.6 is 0 Å². The summed E-state index contributed by atoms with van der Waals surface area (Å²) < 4.78 is 2.16. The van der Waals surface area contributed by atoms with Gasteiger partial charge in [-0.2, -0.15) is 5.10 Å². The van der Waals surface area contributed by atoms with Crippen LogP contribution in [0.5, 0.6) is 0 Å². The molecule has 264 valence electrons. The van der Waals surface area contributed by atoms with Crippen LogP contribution in [-0.2, 0) is 0 Å². The fourth-order valence-electron chi connectivity index (χ4n) is 7.96. The van der Waals surface area contributed by atoms with Crippen LogP contribution in [0.1, 0.15) is 0 Å². The zero-order valence-corrected chi connectivity index (χ0v) is 30.7. The molecule has 0 radical (unpaired) electrons. The molecule has 10 aromatic rings. The van der Waals surface area contributed by atoms with Crippen molar-refractivity contribution < 1.29 is 0 Å². The van der Waals surface area contributed by atoms with Gasteiger partial charge in [-0.05, 0) is 64.0 Å². The van der Waals surface area contributed by atoms with Gasteiger partial charge in [-0.1, -0.05) is 188 Å². The molecule has 0 fully saturated rings. The second kappa shape index (κ2) is 14.4. The molecule has 0 aliphatic heterocycles. The Balaban J connectivity index is 1.25.